The molecule has 0 radical (unpaired) electrons. The van der Waals surface area contributed by atoms with Crippen molar-refractivity contribution in [2.45, 2.75) is 33.2 Å². The first-order valence-corrected chi connectivity index (χ1v) is 9.63. The normalized spacial score (nSPS) is 16.8. The van der Waals surface area contributed by atoms with Crippen LogP contribution in [-0.4, -0.2) is 33.7 Å². The molecule has 1 atom stereocenters. The lowest BCUT2D eigenvalue weighted by atomic mass is 9.93. The second kappa shape index (κ2) is 7.28. The summed E-state index contributed by atoms with van der Waals surface area (Å²) >= 11 is 0. The first-order valence-electron chi connectivity index (χ1n) is 9.63. The van der Waals surface area contributed by atoms with Crippen LogP contribution in [0, 0.1) is 5.41 Å². The summed E-state index contributed by atoms with van der Waals surface area (Å²) < 4.78 is 5.25. The van der Waals surface area contributed by atoms with Crippen molar-refractivity contribution in [1.82, 2.24) is 15.0 Å². The van der Waals surface area contributed by atoms with E-state index in [4.69, 9.17) is 9.84 Å². The van der Waals surface area contributed by atoms with Crippen molar-refractivity contribution in [3.05, 3.63) is 66.0 Å². The van der Waals surface area contributed by atoms with E-state index in [1.165, 1.54) is 0 Å². The number of aromatic nitrogens is 2. The van der Waals surface area contributed by atoms with Gasteiger partial charge in [-0.2, -0.15) is 5.10 Å². The van der Waals surface area contributed by atoms with Gasteiger partial charge in [-0.15, -0.1) is 0 Å². The van der Waals surface area contributed by atoms with Gasteiger partial charge in [-0.25, -0.2) is 5.01 Å². The number of hydrogen-bond donors (Lipinski definition) is 0. The van der Waals surface area contributed by atoms with E-state index < -0.39 is 5.41 Å². The Hall–Kier alpha value is -3.28. The molecular formula is C23H24N4O2. The smallest absolute Gasteiger partial charge is 0.248 e. The molecule has 1 aliphatic heterocycles. The highest BCUT2D eigenvalue weighted by Gasteiger charge is 2.38. The van der Waals surface area contributed by atoms with E-state index in [1.54, 1.807) is 24.5 Å². The van der Waals surface area contributed by atoms with Crippen LogP contribution in [0.5, 0.6) is 5.75 Å². The van der Waals surface area contributed by atoms with Crippen LogP contribution in [0.2, 0.25) is 0 Å². The number of fused-ring (bicyclic) bond motifs is 1. The van der Waals surface area contributed by atoms with Gasteiger partial charge in [0.2, 0.25) is 5.91 Å². The maximum absolute atomic E-state index is 13.2. The number of ether oxygens (including phenoxy) is 1. The number of hydrazone groups is 1. The molecule has 2 aromatic carbocycles. The molecule has 0 aliphatic carbocycles. The molecule has 4 rings (SSSR count). The minimum absolute atomic E-state index is 0.00902. The summed E-state index contributed by atoms with van der Waals surface area (Å²) in [5, 5.41) is 6.38. The van der Waals surface area contributed by atoms with E-state index in [0.717, 1.165) is 33.6 Å². The van der Waals surface area contributed by atoms with Gasteiger partial charge in [0.25, 0.3) is 0 Å². The van der Waals surface area contributed by atoms with Crippen molar-refractivity contribution in [2.24, 2.45) is 10.5 Å². The molecule has 1 amide bonds. The number of hydrogen-bond acceptors (Lipinski definition) is 5. The number of amides is 1. The molecule has 0 saturated heterocycles. The fraction of sp³-hybridized carbons (Fsp3) is 0.304. The molecule has 6 nitrogen and oxygen atoms in total. The van der Waals surface area contributed by atoms with Crippen LogP contribution in [0.25, 0.3) is 11.0 Å². The third-order valence-corrected chi connectivity index (χ3v) is 5.06. The van der Waals surface area contributed by atoms with E-state index in [0.29, 0.717) is 6.42 Å². The Balaban J connectivity index is 1.73. The lowest BCUT2D eigenvalue weighted by molar-refractivity contribution is -0.141. The van der Waals surface area contributed by atoms with Gasteiger partial charge >= 0.3 is 0 Å². The van der Waals surface area contributed by atoms with E-state index in [9.17, 15) is 4.79 Å². The van der Waals surface area contributed by atoms with Crippen molar-refractivity contribution in [3.63, 3.8) is 0 Å². The summed E-state index contributed by atoms with van der Waals surface area (Å²) in [5.74, 6) is 0.782. The zero-order valence-corrected chi connectivity index (χ0v) is 17.1. The van der Waals surface area contributed by atoms with Crippen LogP contribution in [-0.2, 0) is 4.79 Å². The molecule has 0 fully saturated rings. The SMILES string of the molecule is COc1ccc(C2=NN(C(=O)C(C)(C)C)[C@@H](c3ccc4nccnc4c3)C2)cc1. The van der Waals surface area contributed by atoms with Gasteiger partial charge < -0.3 is 4.74 Å². The molecule has 2 heterocycles. The fourth-order valence-electron chi connectivity index (χ4n) is 3.45. The van der Waals surface area contributed by atoms with Gasteiger partial charge in [-0.1, -0.05) is 26.8 Å². The zero-order valence-electron chi connectivity index (χ0n) is 17.1. The predicted octanol–water partition coefficient (Wildman–Crippen LogP) is 4.36. The van der Waals surface area contributed by atoms with Crippen molar-refractivity contribution < 1.29 is 9.53 Å². The highest BCUT2D eigenvalue weighted by atomic mass is 16.5. The largest absolute Gasteiger partial charge is 0.497 e. The molecule has 0 bridgehead atoms. The molecule has 0 saturated carbocycles. The molecule has 1 aliphatic rings. The quantitative estimate of drug-likeness (QED) is 0.668. The molecule has 29 heavy (non-hydrogen) atoms. The number of methoxy groups -OCH3 is 1. The summed E-state index contributed by atoms with van der Waals surface area (Å²) in [6.07, 6.45) is 4.00. The number of carbonyl (C=O) groups excluding carboxylic acids is 1. The van der Waals surface area contributed by atoms with E-state index in [-0.39, 0.29) is 11.9 Å². The van der Waals surface area contributed by atoms with Gasteiger partial charge in [0.15, 0.2) is 0 Å². The minimum Gasteiger partial charge on any atom is -0.497 e. The number of nitrogens with zero attached hydrogens (tertiary/aromatic N) is 4. The van der Waals surface area contributed by atoms with Crippen LogP contribution in [0.4, 0.5) is 0 Å². The average Bonchev–Trinajstić information content (AvgIpc) is 3.17. The summed E-state index contributed by atoms with van der Waals surface area (Å²) in [7, 11) is 1.64. The highest BCUT2D eigenvalue weighted by molar-refractivity contribution is 6.03. The molecule has 0 spiro atoms. The zero-order chi connectivity index (χ0) is 20.6. The second-order valence-electron chi connectivity index (χ2n) is 8.20. The molecule has 148 valence electrons. The van der Waals surface area contributed by atoms with E-state index >= 15 is 0 Å². The minimum atomic E-state index is -0.534. The third-order valence-electron chi connectivity index (χ3n) is 5.06. The second-order valence-corrected chi connectivity index (χ2v) is 8.20. The average molecular weight is 388 g/mol. The standard InChI is InChI=1S/C23H24N4O2/c1-23(2,3)22(28)27-21(16-7-10-18-20(13-16)25-12-11-24-18)14-19(26-27)15-5-8-17(29-4)9-6-15/h5-13,21H,14H2,1-4H3/t21-/m1/s1. The van der Waals surface area contributed by atoms with Crippen molar-refractivity contribution >= 4 is 22.7 Å². The summed E-state index contributed by atoms with van der Waals surface area (Å²) in [4.78, 5) is 21.9. The maximum atomic E-state index is 13.2. The number of carbonyl (C=O) groups is 1. The lowest BCUT2D eigenvalue weighted by Crippen LogP contribution is -2.36. The Morgan fingerprint density at radius 1 is 1.03 bits per heavy atom. The van der Waals surface area contributed by atoms with Crippen molar-refractivity contribution in [1.29, 1.82) is 0 Å². The van der Waals surface area contributed by atoms with Crippen molar-refractivity contribution in [2.75, 3.05) is 7.11 Å². The topological polar surface area (TPSA) is 67.7 Å². The third kappa shape index (κ3) is 3.70. The summed E-state index contributed by atoms with van der Waals surface area (Å²) in [6, 6.07) is 13.6. The molecule has 6 heteroatoms. The maximum Gasteiger partial charge on any atom is 0.248 e. The van der Waals surface area contributed by atoms with Crippen LogP contribution in [0.15, 0.2) is 60.0 Å². The van der Waals surface area contributed by atoms with Gasteiger partial charge in [-0.05, 0) is 47.5 Å². The monoisotopic (exact) mass is 388 g/mol. The molecular weight excluding hydrogens is 364 g/mol. The van der Waals surface area contributed by atoms with Crippen LogP contribution >= 0.6 is 0 Å². The number of rotatable bonds is 3. The first kappa shape index (κ1) is 19.1. The van der Waals surface area contributed by atoms with Crippen LogP contribution < -0.4 is 4.74 Å². The predicted molar refractivity (Wildman–Crippen MR) is 113 cm³/mol. The highest BCUT2D eigenvalue weighted by Crippen LogP contribution is 2.36. The Morgan fingerprint density at radius 2 is 1.72 bits per heavy atom. The molecule has 0 unspecified atom stereocenters. The van der Waals surface area contributed by atoms with Crippen LogP contribution in [0.1, 0.15) is 44.4 Å². The Bertz CT molecular complexity index is 1080. The van der Waals surface area contributed by atoms with Gasteiger partial charge in [-0.3, -0.25) is 14.8 Å². The Kier molecular flexibility index (Phi) is 4.78. The van der Waals surface area contributed by atoms with E-state index in [2.05, 4.69) is 9.97 Å². The van der Waals surface area contributed by atoms with E-state index in [1.807, 2.05) is 63.2 Å². The first-order chi connectivity index (χ1) is 13.9. The van der Waals surface area contributed by atoms with Crippen LogP contribution in [0.3, 0.4) is 0 Å². The Labute approximate surface area is 170 Å². The lowest BCUT2D eigenvalue weighted by Gasteiger charge is -2.28. The van der Waals surface area contributed by atoms with Gasteiger partial charge in [0.1, 0.15) is 5.75 Å². The van der Waals surface area contributed by atoms with Gasteiger partial charge in [0, 0.05) is 24.2 Å². The van der Waals surface area contributed by atoms with Gasteiger partial charge in [0.05, 0.1) is 29.9 Å². The summed E-state index contributed by atoms with van der Waals surface area (Å²) in [5.41, 5.74) is 3.98. The number of benzene rings is 2. The summed E-state index contributed by atoms with van der Waals surface area (Å²) in [6.45, 7) is 5.75. The molecule has 0 N–H and O–H groups in total. The van der Waals surface area contributed by atoms with Crippen molar-refractivity contribution in [3.8, 4) is 5.75 Å². The molecule has 3 aromatic rings. The Morgan fingerprint density at radius 3 is 2.38 bits per heavy atom. The fourth-order valence-corrected chi connectivity index (χ4v) is 3.45. The molecule has 1 aromatic heterocycles.